The minimum atomic E-state index is -3.49. The third-order valence-electron chi connectivity index (χ3n) is 3.01. The minimum Gasteiger partial charge on any atom is -0.325 e. The Hall–Kier alpha value is -2.34. The lowest BCUT2D eigenvalue weighted by molar-refractivity contribution is -0.114. The van der Waals surface area contributed by atoms with Gasteiger partial charge in [0.05, 0.1) is 17.1 Å². The number of hydrogen-bond donors (Lipinski definition) is 2. The number of nitrogens with one attached hydrogen (secondary N) is 2. The summed E-state index contributed by atoms with van der Waals surface area (Å²) in [6, 6.07) is 16.1. The summed E-state index contributed by atoms with van der Waals surface area (Å²) in [5.41, 5.74) is 1.77. The van der Waals surface area contributed by atoms with Crippen LogP contribution in [0.5, 0.6) is 0 Å². The van der Waals surface area contributed by atoms with Gasteiger partial charge in [0.1, 0.15) is 0 Å². The Labute approximate surface area is 130 Å². The third-order valence-corrected chi connectivity index (χ3v) is 4.28. The Morgan fingerprint density at radius 1 is 0.955 bits per heavy atom. The largest absolute Gasteiger partial charge is 0.325 e. The Morgan fingerprint density at radius 3 is 2.18 bits per heavy atom. The minimum absolute atomic E-state index is 0.0224. The van der Waals surface area contributed by atoms with Crippen LogP contribution in [0.15, 0.2) is 54.6 Å². The number of aryl methyl sites for hydroxylation is 1. The molecule has 6 heteroatoms. The molecule has 0 aliphatic carbocycles. The molecular formula is C16H18N2O3S. The van der Waals surface area contributed by atoms with Crippen LogP contribution in [0.25, 0.3) is 0 Å². The van der Waals surface area contributed by atoms with Crippen molar-refractivity contribution in [3.63, 3.8) is 0 Å². The van der Waals surface area contributed by atoms with Crippen molar-refractivity contribution in [2.24, 2.45) is 0 Å². The Morgan fingerprint density at radius 2 is 1.55 bits per heavy atom. The molecule has 0 fully saturated rings. The average Bonchev–Trinajstić information content (AvgIpc) is 2.48. The topological polar surface area (TPSA) is 75.3 Å². The maximum absolute atomic E-state index is 12.2. The smallest absolute Gasteiger partial charge is 0.233 e. The third kappa shape index (κ3) is 4.89. The monoisotopic (exact) mass is 318 g/mol. The van der Waals surface area contributed by atoms with Gasteiger partial charge in [-0.25, -0.2) is 8.42 Å². The van der Waals surface area contributed by atoms with Gasteiger partial charge in [-0.15, -0.1) is 0 Å². The molecule has 0 heterocycles. The Balaban J connectivity index is 2.07. The summed E-state index contributed by atoms with van der Waals surface area (Å²) in [4.78, 5) is 11.2. The van der Waals surface area contributed by atoms with E-state index in [0.29, 0.717) is 17.8 Å². The van der Waals surface area contributed by atoms with E-state index in [0.717, 1.165) is 5.56 Å². The van der Waals surface area contributed by atoms with Crippen LogP contribution in [0.3, 0.4) is 0 Å². The molecule has 0 saturated heterocycles. The molecule has 22 heavy (non-hydrogen) atoms. The predicted molar refractivity (Wildman–Crippen MR) is 88.3 cm³/mol. The van der Waals surface area contributed by atoms with Crippen molar-refractivity contribution in [1.29, 1.82) is 0 Å². The second-order valence-corrected chi connectivity index (χ2v) is 6.73. The van der Waals surface area contributed by atoms with Gasteiger partial charge < -0.3 is 5.32 Å². The van der Waals surface area contributed by atoms with Gasteiger partial charge in [-0.05, 0) is 24.1 Å². The first-order valence-electron chi connectivity index (χ1n) is 6.87. The maximum Gasteiger partial charge on any atom is 0.233 e. The highest BCUT2D eigenvalue weighted by atomic mass is 32.2. The van der Waals surface area contributed by atoms with E-state index in [1.54, 1.807) is 24.3 Å². The second-order valence-electron chi connectivity index (χ2n) is 4.88. The summed E-state index contributed by atoms with van der Waals surface area (Å²) >= 11 is 0. The van der Waals surface area contributed by atoms with Gasteiger partial charge in [0, 0.05) is 6.92 Å². The number of anilines is 2. The fourth-order valence-corrected chi connectivity index (χ4v) is 3.11. The first kappa shape index (κ1) is 16.0. The lowest BCUT2D eigenvalue weighted by Gasteiger charge is -2.12. The van der Waals surface area contributed by atoms with Crippen LogP contribution in [0.1, 0.15) is 12.5 Å². The molecule has 2 aromatic carbocycles. The molecule has 0 aliphatic heterocycles. The van der Waals surface area contributed by atoms with E-state index in [2.05, 4.69) is 10.0 Å². The van der Waals surface area contributed by atoms with Crippen LogP contribution in [-0.2, 0) is 21.2 Å². The van der Waals surface area contributed by atoms with Crippen molar-refractivity contribution in [3.8, 4) is 0 Å². The molecule has 5 nitrogen and oxygen atoms in total. The van der Waals surface area contributed by atoms with Crippen LogP contribution in [-0.4, -0.2) is 20.1 Å². The first-order valence-corrected chi connectivity index (χ1v) is 8.52. The van der Waals surface area contributed by atoms with Crippen LogP contribution >= 0.6 is 0 Å². The van der Waals surface area contributed by atoms with Crippen LogP contribution in [0, 0.1) is 0 Å². The van der Waals surface area contributed by atoms with Gasteiger partial charge in [-0.1, -0.05) is 42.5 Å². The van der Waals surface area contributed by atoms with Crippen molar-refractivity contribution in [2.45, 2.75) is 13.3 Å². The van der Waals surface area contributed by atoms with E-state index >= 15 is 0 Å². The molecule has 0 aliphatic rings. The van der Waals surface area contributed by atoms with Gasteiger partial charge in [-0.3, -0.25) is 9.52 Å². The summed E-state index contributed by atoms with van der Waals surface area (Å²) in [7, 11) is -3.49. The van der Waals surface area contributed by atoms with E-state index in [1.165, 1.54) is 6.92 Å². The molecule has 2 rings (SSSR count). The number of rotatable bonds is 6. The molecule has 0 saturated carbocycles. The van der Waals surface area contributed by atoms with E-state index < -0.39 is 10.0 Å². The molecule has 116 valence electrons. The number of para-hydroxylation sites is 2. The molecule has 1 amide bonds. The van der Waals surface area contributed by atoms with Crippen molar-refractivity contribution in [3.05, 3.63) is 60.2 Å². The summed E-state index contributed by atoms with van der Waals surface area (Å²) in [6.45, 7) is 1.38. The molecule has 2 aromatic rings. The van der Waals surface area contributed by atoms with Crippen molar-refractivity contribution in [2.75, 3.05) is 15.8 Å². The molecule has 0 atom stereocenters. The zero-order chi connectivity index (χ0) is 16.0. The van der Waals surface area contributed by atoms with Crippen molar-refractivity contribution in [1.82, 2.24) is 0 Å². The maximum atomic E-state index is 12.2. The van der Waals surface area contributed by atoms with Gasteiger partial charge in [0.2, 0.25) is 15.9 Å². The number of carbonyl (C=O) groups excluding carboxylic acids is 1. The zero-order valence-electron chi connectivity index (χ0n) is 12.2. The van der Waals surface area contributed by atoms with Gasteiger partial charge in [0.25, 0.3) is 0 Å². The molecule has 2 N–H and O–H groups in total. The second kappa shape index (κ2) is 7.09. The first-order chi connectivity index (χ1) is 10.5. The van der Waals surface area contributed by atoms with Crippen molar-refractivity contribution < 1.29 is 13.2 Å². The molecule has 0 aromatic heterocycles. The normalized spacial score (nSPS) is 11.0. The van der Waals surface area contributed by atoms with Gasteiger partial charge >= 0.3 is 0 Å². The summed E-state index contributed by atoms with van der Waals surface area (Å²) in [5, 5.41) is 2.60. The number of sulfonamides is 1. The van der Waals surface area contributed by atoms with Gasteiger partial charge in [0.15, 0.2) is 0 Å². The molecule has 0 spiro atoms. The van der Waals surface area contributed by atoms with Gasteiger partial charge in [-0.2, -0.15) is 0 Å². The van der Waals surface area contributed by atoms with Crippen LogP contribution in [0.2, 0.25) is 0 Å². The highest BCUT2D eigenvalue weighted by Gasteiger charge is 2.13. The van der Waals surface area contributed by atoms with Crippen LogP contribution < -0.4 is 10.0 Å². The van der Waals surface area contributed by atoms with E-state index in [4.69, 9.17) is 0 Å². The Kier molecular flexibility index (Phi) is 5.16. The standard InChI is InChI=1S/C16H18N2O3S/c1-13(19)17-15-9-5-6-10-16(15)18-22(20,21)12-11-14-7-3-2-4-8-14/h2-10,18H,11-12H2,1H3,(H,17,19). The van der Waals surface area contributed by atoms with Crippen LogP contribution in [0.4, 0.5) is 11.4 Å². The number of amides is 1. The molecule has 0 unspecified atom stereocenters. The highest BCUT2D eigenvalue weighted by molar-refractivity contribution is 7.92. The lowest BCUT2D eigenvalue weighted by atomic mass is 10.2. The van der Waals surface area contributed by atoms with E-state index in [-0.39, 0.29) is 11.7 Å². The molecule has 0 bridgehead atoms. The van der Waals surface area contributed by atoms with E-state index in [1.807, 2.05) is 30.3 Å². The summed E-state index contributed by atoms with van der Waals surface area (Å²) < 4.78 is 26.9. The SMILES string of the molecule is CC(=O)Nc1ccccc1NS(=O)(=O)CCc1ccccc1. The molecular weight excluding hydrogens is 300 g/mol. The van der Waals surface area contributed by atoms with Crippen molar-refractivity contribution >= 4 is 27.3 Å². The Bertz CT molecular complexity index is 743. The quantitative estimate of drug-likeness (QED) is 0.859. The fraction of sp³-hybridized carbons (Fsp3) is 0.188. The zero-order valence-corrected chi connectivity index (χ0v) is 13.1. The lowest BCUT2D eigenvalue weighted by Crippen LogP contribution is -2.19. The van der Waals surface area contributed by atoms with E-state index in [9.17, 15) is 13.2 Å². The summed E-state index contributed by atoms with van der Waals surface area (Å²) in [5.74, 6) is -0.276. The fourth-order valence-electron chi connectivity index (χ4n) is 1.99. The average molecular weight is 318 g/mol. The number of hydrogen-bond acceptors (Lipinski definition) is 3. The number of carbonyl (C=O) groups is 1. The summed E-state index contributed by atoms with van der Waals surface area (Å²) in [6.07, 6.45) is 0.429. The number of benzene rings is 2. The molecule has 0 radical (unpaired) electrons. The predicted octanol–water partition coefficient (Wildman–Crippen LogP) is 2.63. The highest BCUT2D eigenvalue weighted by Crippen LogP contribution is 2.22.